The van der Waals surface area contributed by atoms with Gasteiger partial charge in [-0.15, -0.1) is 0 Å². The summed E-state index contributed by atoms with van der Waals surface area (Å²) in [6.45, 7) is 4.68. The van der Waals surface area contributed by atoms with E-state index in [-0.39, 0.29) is 75.9 Å². The fraction of sp³-hybridized carbons (Fsp3) is 0.379. The normalized spacial score (nSPS) is 19.3. The molecular formula is C29H28F5N7O3S. The van der Waals surface area contributed by atoms with Crippen molar-refractivity contribution in [3.05, 3.63) is 48.1 Å². The van der Waals surface area contributed by atoms with Crippen LogP contribution in [0.2, 0.25) is 0 Å². The van der Waals surface area contributed by atoms with E-state index in [1.54, 1.807) is 7.11 Å². The number of alkyl halides is 3. The van der Waals surface area contributed by atoms with E-state index in [0.29, 0.717) is 13.0 Å². The molecule has 2 atom stereocenters. The molecule has 0 aliphatic carbocycles. The molecule has 2 saturated heterocycles. The summed E-state index contributed by atoms with van der Waals surface area (Å²) in [6.07, 6.45) is -3.23. The second kappa shape index (κ2) is 11.7. The monoisotopic (exact) mass is 649 g/mol. The number of fused-ring (bicyclic) bond motifs is 2. The molecule has 6 rings (SSSR count). The first kappa shape index (κ1) is 30.9. The molecule has 238 valence electrons. The highest BCUT2D eigenvalue weighted by molar-refractivity contribution is 7.22. The van der Waals surface area contributed by atoms with Crippen LogP contribution in [-0.4, -0.2) is 89.2 Å². The standard InChI is InChI=1S/C29H28F5N7O3S/c1-4-20(42)41-9-13(10-41)36-26-17-8-18(29(32,33)34)21(16-5-6-19(30)25-24(16)37-27(35)45-25)22(31)23(17)38-28(39-26)44-12-14-7-15(43-3)11-40(14)2/h4-6,8,13-15H,1,7,9-12H2,2-3H3,(H2,35,37)(H,36,38,39). The molecule has 1 amide bonds. The number of hydrogen-bond acceptors (Lipinski definition) is 10. The molecule has 0 saturated carbocycles. The Morgan fingerprint density at radius 3 is 2.62 bits per heavy atom. The molecule has 2 aromatic heterocycles. The van der Waals surface area contributed by atoms with Crippen molar-refractivity contribution in [3.63, 3.8) is 0 Å². The Bertz CT molecular complexity index is 1810. The number of halogens is 5. The zero-order valence-electron chi connectivity index (χ0n) is 24.1. The van der Waals surface area contributed by atoms with Crippen molar-refractivity contribution >= 4 is 49.3 Å². The van der Waals surface area contributed by atoms with Crippen LogP contribution in [0, 0.1) is 11.6 Å². The van der Waals surface area contributed by atoms with Gasteiger partial charge in [-0.3, -0.25) is 9.69 Å². The summed E-state index contributed by atoms with van der Waals surface area (Å²) in [4.78, 5) is 28.0. The van der Waals surface area contributed by atoms with Crippen LogP contribution in [0.1, 0.15) is 12.0 Å². The van der Waals surface area contributed by atoms with Gasteiger partial charge in [-0.25, -0.2) is 13.8 Å². The van der Waals surface area contributed by atoms with Crippen LogP contribution in [0.3, 0.4) is 0 Å². The Morgan fingerprint density at radius 2 is 1.96 bits per heavy atom. The number of amides is 1. The third kappa shape index (κ3) is 5.73. The number of ether oxygens (including phenoxy) is 2. The summed E-state index contributed by atoms with van der Waals surface area (Å²) in [5.74, 6) is -2.47. The van der Waals surface area contributed by atoms with Crippen LogP contribution in [0.25, 0.3) is 32.2 Å². The summed E-state index contributed by atoms with van der Waals surface area (Å²) in [7, 11) is 3.51. The van der Waals surface area contributed by atoms with Crippen LogP contribution in [0.4, 0.5) is 32.9 Å². The molecule has 4 aromatic rings. The van der Waals surface area contributed by atoms with E-state index in [9.17, 15) is 22.4 Å². The highest BCUT2D eigenvalue weighted by atomic mass is 32.1. The van der Waals surface area contributed by atoms with Gasteiger partial charge in [0.1, 0.15) is 23.8 Å². The van der Waals surface area contributed by atoms with Crippen molar-refractivity contribution in [2.24, 2.45) is 0 Å². The molecule has 0 spiro atoms. The number of benzene rings is 2. The van der Waals surface area contributed by atoms with E-state index in [2.05, 4.69) is 26.8 Å². The maximum absolute atomic E-state index is 16.6. The van der Waals surface area contributed by atoms with E-state index in [0.717, 1.165) is 35.6 Å². The number of thiazole rings is 1. The van der Waals surface area contributed by atoms with Gasteiger partial charge in [-0.2, -0.15) is 23.1 Å². The van der Waals surface area contributed by atoms with Gasteiger partial charge < -0.3 is 25.4 Å². The number of carbonyl (C=O) groups excluding carboxylic acids is 1. The number of rotatable bonds is 8. The smallest absolute Gasteiger partial charge is 0.417 e. The molecule has 0 radical (unpaired) electrons. The second-order valence-corrected chi connectivity index (χ2v) is 12.0. The van der Waals surface area contributed by atoms with Crippen LogP contribution in [0.15, 0.2) is 30.9 Å². The number of methoxy groups -OCH3 is 1. The summed E-state index contributed by atoms with van der Waals surface area (Å²) in [6, 6.07) is 2.00. The quantitative estimate of drug-likeness (QED) is 0.207. The number of nitrogens with two attached hydrogens (primary N) is 1. The minimum Gasteiger partial charge on any atom is -0.462 e. The van der Waals surface area contributed by atoms with Crippen molar-refractivity contribution in [1.82, 2.24) is 24.8 Å². The Hall–Kier alpha value is -4.15. The van der Waals surface area contributed by atoms with Gasteiger partial charge in [0.05, 0.1) is 27.9 Å². The van der Waals surface area contributed by atoms with Gasteiger partial charge in [0, 0.05) is 49.3 Å². The van der Waals surface area contributed by atoms with Gasteiger partial charge in [-0.1, -0.05) is 17.9 Å². The second-order valence-electron chi connectivity index (χ2n) is 11.0. The van der Waals surface area contributed by atoms with Crippen molar-refractivity contribution in [2.75, 3.05) is 51.4 Å². The maximum Gasteiger partial charge on any atom is 0.417 e. The summed E-state index contributed by atoms with van der Waals surface area (Å²) >= 11 is 0.741. The number of nitrogens with one attached hydrogen (secondary N) is 1. The molecule has 0 bridgehead atoms. The zero-order chi connectivity index (χ0) is 32.2. The lowest BCUT2D eigenvalue weighted by molar-refractivity contribution is -0.137. The fourth-order valence-corrected chi connectivity index (χ4v) is 6.46. The number of nitrogen functional groups attached to an aromatic ring is 1. The van der Waals surface area contributed by atoms with Crippen LogP contribution in [0.5, 0.6) is 6.01 Å². The molecule has 3 N–H and O–H groups in total. The summed E-state index contributed by atoms with van der Waals surface area (Å²) < 4.78 is 86.2. The molecule has 45 heavy (non-hydrogen) atoms. The van der Waals surface area contributed by atoms with E-state index >= 15 is 4.39 Å². The minimum absolute atomic E-state index is 0.00808. The lowest BCUT2D eigenvalue weighted by Crippen LogP contribution is -2.56. The Morgan fingerprint density at radius 1 is 1.20 bits per heavy atom. The molecule has 2 aromatic carbocycles. The highest BCUT2D eigenvalue weighted by Crippen LogP contribution is 2.45. The van der Waals surface area contributed by atoms with E-state index in [1.165, 1.54) is 4.90 Å². The molecule has 16 heteroatoms. The number of aromatic nitrogens is 3. The van der Waals surface area contributed by atoms with Crippen LogP contribution in [-0.2, 0) is 15.7 Å². The first-order valence-corrected chi connectivity index (χ1v) is 14.7. The van der Waals surface area contributed by atoms with Crippen molar-refractivity contribution in [2.45, 2.75) is 30.8 Å². The lowest BCUT2D eigenvalue weighted by atomic mass is 9.95. The van der Waals surface area contributed by atoms with E-state index in [4.69, 9.17) is 15.2 Å². The number of anilines is 2. The predicted molar refractivity (Wildman–Crippen MR) is 159 cm³/mol. The van der Waals surface area contributed by atoms with Gasteiger partial charge in [-0.05, 0) is 37.7 Å². The van der Waals surface area contributed by atoms with Gasteiger partial charge in [0.25, 0.3) is 0 Å². The molecule has 10 nitrogen and oxygen atoms in total. The highest BCUT2D eigenvalue weighted by Gasteiger charge is 2.39. The van der Waals surface area contributed by atoms with Gasteiger partial charge >= 0.3 is 12.2 Å². The Kier molecular flexibility index (Phi) is 7.99. The SMILES string of the molecule is C=CC(=O)N1CC(Nc2nc(OCC3CC(OC)CN3C)nc3c(F)c(-c4ccc(F)c5sc(N)nc45)c(C(F)(F)F)cc23)C1. The predicted octanol–water partition coefficient (Wildman–Crippen LogP) is 4.69. The van der Waals surface area contributed by atoms with Crippen molar-refractivity contribution < 1.29 is 36.2 Å². The zero-order valence-corrected chi connectivity index (χ0v) is 24.9. The summed E-state index contributed by atoms with van der Waals surface area (Å²) in [5, 5.41) is 2.69. The third-order valence-corrected chi connectivity index (χ3v) is 8.99. The molecule has 2 aliphatic rings. The topological polar surface area (TPSA) is 119 Å². The average Bonchev–Trinajstić information content (AvgIpc) is 3.55. The van der Waals surface area contributed by atoms with Crippen molar-refractivity contribution in [3.8, 4) is 17.1 Å². The molecule has 2 unspecified atom stereocenters. The van der Waals surface area contributed by atoms with E-state index < -0.39 is 40.5 Å². The number of carbonyl (C=O) groups is 1. The van der Waals surface area contributed by atoms with E-state index in [1.807, 2.05) is 11.9 Å². The molecular weight excluding hydrogens is 621 g/mol. The van der Waals surface area contributed by atoms with Gasteiger partial charge in [0.15, 0.2) is 10.9 Å². The minimum atomic E-state index is -5.03. The number of likely N-dealkylation sites (N-methyl/N-ethyl adjacent to an activating group) is 1. The first-order valence-electron chi connectivity index (χ1n) is 13.9. The molecule has 2 fully saturated rings. The number of nitrogens with zero attached hydrogens (tertiary/aromatic N) is 5. The van der Waals surface area contributed by atoms with Crippen molar-refractivity contribution in [1.29, 1.82) is 0 Å². The van der Waals surface area contributed by atoms with Crippen LogP contribution < -0.4 is 15.8 Å². The largest absolute Gasteiger partial charge is 0.462 e. The Balaban J connectivity index is 1.48. The average molecular weight is 650 g/mol. The van der Waals surface area contributed by atoms with Gasteiger partial charge in [0.2, 0.25) is 5.91 Å². The lowest BCUT2D eigenvalue weighted by Gasteiger charge is -2.39. The first-order chi connectivity index (χ1) is 21.4. The fourth-order valence-electron chi connectivity index (χ4n) is 5.70. The van der Waals surface area contributed by atoms with Crippen LogP contribution >= 0.6 is 11.3 Å². The number of likely N-dealkylation sites (tertiary alicyclic amines) is 2. The maximum atomic E-state index is 16.6. The molecule has 4 heterocycles. The Labute approximate surface area is 257 Å². The summed E-state index contributed by atoms with van der Waals surface area (Å²) in [5.41, 5.74) is 2.62. The third-order valence-electron chi connectivity index (χ3n) is 8.09. The molecule has 2 aliphatic heterocycles. The number of hydrogen-bond donors (Lipinski definition) is 2.